The number of fused-ring (bicyclic) bond motifs is 1. The van der Waals surface area contributed by atoms with Crippen molar-refractivity contribution >= 4 is 11.6 Å². The van der Waals surface area contributed by atoms with Gasteiger partial charge in [0.1, 0.15) is 5.75 Å². The first kappa shape index (κ1) is 18.2. The molecule has 5 heteroatoms. The molecule has 0 aliphatic carbocycles. The van der Waals surface area contributed by atoms with Crippen LogP contribution in [0.1, 0.15) is 33.1 Å². The number of anilines is 1. The number of piperidine rings is 1. The Labute approximate surface area is 150 Å². The second-order valence-electron chi connectivity index (χ2n) is 7.24. The van der Waals surface area contributed by atoms with Gasteiger partial charge in [0.15, 0.2) is 6.61 Å². The third-order valence-electron chi connectivity index (χ3n) is 4.96. The smallest absolute Gasteiger partial charge is 0.265 e. The van der Waals surface area contributed by atoms with Gasteiger partial charge in [-0.05, 0) is 37.3 Å². The van der Waals surface area contributed by atoms with Crippen LogP contribution in [0.5, 0.6) is 5.75 Å². The minimum Gasteiger partial charge on any atom is -0.482 e. The van der Waals surface area contributed by atoms with Crippen LogP contribution in [0.25, 0.3) is 0 Å². The third-order valence-corrected chi connectivity index (χ3v) is 4.96. The predicted octanol–water partition coefficient (Wildman–Crippen LogP) is 2.94. The molecule has 5 nitrogen and oxygen atoms in total. The number of amides is 1. The highest BCUT2D eigenvalue weighted by molar-refractivity contribution is 5.97. The van der Waals surface area contributed by atoms with Gasteiger partial charge < -0.3 is 19.3 Å². The van der Waals surface area contributed by atoms with Crippen molar-refractivity contribution in [2.45, 2.75) is 39.2 Å². The highest BCUT2D eigenvalue weighted by Crippen LogP contribution is 2.32. The van der Waals surface area contributed by atoms with Crippen LogP contribution < -0.4 is 9.64 Å². The van der Waals surface area contributed by atoms with Crippen molar-refractivity contribution in [2.24, 2.45) is 5.92 Å². The minimum atomic E-state index is 0.0530. The van der Waals surface area contributed by atoms with E-state index in [4.69, 9.17) is 9.47 Å². The normalized spacial score (nSPS) is 20.2. The zero-order valence-electron chi connectivity index (χ0n) is 15.4. The van der Waals surface area contributed by atoms with Crippen LogP contribution in [0.2, 0.25) is 0 Å². The number of carbonyl (C=O) groups excluding carboxylic acids is 1. The number of hydrogen-bond donors (Lipinski definition) is 0. The fourth-order valence-electron chi connectivity index (χ4n) is 3.71. The van der Waals surface area contributed by atoms with E-state index in [9.17, 15) is 4.79 Å². The van der Waals surface area contributed by atoms with Gasteiger partial charge in [-0.15, -0.1) is 0 Å². The van der Waals surface area contributed by atoms with E-state index in [0.29, 0.717) is 12.0 Å². The van der Waals surface area contributed by atoms with Crippen LogP contribution in [0, 0.1) is 5.92 Å². The number of ether oxygens (including phenoxy) is 2. The van der Waals surface area contributed by atoms with Gasteiger partial charge in [-0.3, -0.25) is 4.79 Å². The van der Waals surface area contributed by atoms with Gasteiger partial charge in [0, 0.05) is 32.8 Å². The Morgan fingerprint density at radius 2 is 2.00 bits per heavy atom. The number of hydrogen-bond acceptors (Lipinski definition) is 4. The van der Waals surface area contributed by atoms with Crippen molar-refractivity contribution < 1.29 is 14.3 Å². The molecule has 1 saturated heterocycles. The molecular weight excluding hydrogens is 316 g/mol. The molecular formula is C20H30N2O3. The Balaban J connectivity index is 1.50. The first-order valence-corrected chi connectivity index (χ1v) is 9.53. The number of para-hydroxylation sites is 2. The molecule has 2 aliphatic rings. The van der Waals surface area contributed by atoms with Crippen molar-refractivity contribution in [1.29, 1.82) is 0 Å². The molecule has 1 aromatic rings. The standard InChI is InChI=1S/C20H30N2O3/c1-3-12-24-17-8-10-21(11-9-17)13-16(2)14-22-18-6-4-5-7-19(18)25-15-20(22)23/h4-7,16-17H,3,8-15H2,1-2H3. The second kappa shape index (κ2) is 8.68. The van der Waals surface area contributed by atoms with Crippen LogP contribution in [0.3, 0.4) is 0 Å². The largest absolute Gasteiger partial charge is 0.482 e. The van der Waals surface area contributed by atoms with E-state index >= 15 is 0 Å². The summed E-state index contributed by atoms with van der Waals surface area (Å²) in [5.74, 6) is 1.28. The SMILES string of the molecule is CCCOC1CCN(CC(C)CN2C(=O)COc3ccccc32)CC1. The van der Waals surface area contributed by atoms with Crippen molar-refractivity contribution in [3.63, 3.8) is 0 Å². The lowest BCUT2D eigenvalue weighted by atomic mass is 10.0. The molecule has 0 radical (unpaired) electrons. The molecule has 1 amide bonds. The van der Waals surface area contributed by atoms with E-state index in [1.165, 1.54) is 0 Å². The molecule has 0 saturated carbocycles. The molecule has 2 aliphatic heterocycles. The van der Waals surface area contributed by atoms with Crippen molar-refractivity contribution in [1.82, 2.24) is 4.90 Å². The number of carbonyl (C=O) groups is 1. The molecule has 25 heavy (non-hydrogen) atoms. The van der Waals surface area contributed by atoms with Gasteiger partial charge in [-0.25, -0.2) is 0 Å². The quantitative estimate of drug-likeness (QED) is 0.761. The second-order valence-corrected chi connectivity index (χ2v) is 7.24. The molecule has 2 heterocycles. The molecule has 3 rings (SSSR count). The van der Waals surface area contributed by atoms with Crippen LogP contribution in [0.4, 0.5) is 5.69 Å². The van der Waals surface area contributed by atoms with E-state index in [0.717, 1.165) is 63.5 Å². The van der Waals surface area contributed by atoms with Gasteiger partial charge in [-0.2, -0.15) is 0 Å². The van der Waals surface area contributed by atoms with E-state index in [-0.39, 0.29) is 12.5 Å². The van der Waals surface area contributed by atoms with Gasteiger partial charge in [0.05, 0.1) is 11.8 Å². The van der Waals surface area contributed by atoms with Gasteiger partial charge in [0.25, 0.3) is 5.91 Å². The summed E-state index contributed by atoms with van der Waals surface area (Å²) in [5.41, 5.74) is 0.900. The maximum Gasteiger partial charge on any atom is 0.265 e. The lowest BCUT2D eigenvalue weighted by Crippen LogP contribution is -2.45. The zero-order chi connectivity index (χ0) is 17.6. The van der Waals surface area contributed by atoms with E-state index in [1.54, 1.807) is 0 Å². The fourth-order valence-corrected chi connectivity index (χ4v) is 3.71. The molecule has 1 fully saturated rings. The highest BCUT2D eigenvalue weighted by Gasteiger charge is 2.27. The average molecular weight is 346 g/mol. The van der Waals surface area contributed by atoms with E-state index < -0.39 is 0 Å². The summed E-state index contributed by atoms with van der Waals surface area (Å²) in [4.78, 5) is 16.7. The van der Waals surface area contributed by atoms with Crippen molar-refractivity contribution in [2.75, 3.05) is 44.3 Å². The van der Waals surface area contributed by atoms with E-state index in [1.807, 2.05) is 29.2 Å². The molecule has 138 valence electrons. The molecule has 0 spiro atoms. The maximum absolute atomic E-state index is 12.3. The van der Waals surface area contributed by atoms with E-state index in [2.05, 4.69) is 18.7 Å². The van der Waals surface area contributed by atoms with Crippen LogP contribution in [-0.2, 0) is 9.53 Å². The fraction of sp³-hybridized carbons (Fsp3) is 0.650. The predicted molar refractivity (Wildman–Crippen MR) is 99.2 cm³/mol. The summed E-state index contributed by atoms with van der Waals surface area (Å²) < 4.78 is 11.4. The average Bonchev–Trinajstić information content (AvgIpc) is 2.63. The maximum atomic E-state index is 12.3. The number of likely N-dealkylation sites (tertiary alicyclic amines) is 1. The molecule has 0 N–H and O–H groups in total. The Morgan fingerprint density at radius 3 is 2.76 bits per heavy atom. The Kier molecular flexibility index (Phi) is 6.32. The van der Waals surface area contributed by atoms with Gasteiger partial charge >= 0.3 is 0 Å². The topological polar surface area (TPSA) is 42.0 Å². The summed E-state index contributed by atoms with van der Waals surface area (Å²) >= 11 is 0. The molecule has 0 bridgehead atoms. The van der Waals surface area contributed by atoms with Gasteiger partial charge in [0.2, 0.25) is 0 Å². The zero-order valence-corrected chi connectivity index (χ0v) is 15.4. The lowest BCUT2D eigenvalue weighted by Gasteiger charge is -2.36. The minimum absolute atomic E-state index is 0.0530. The molecule has 1 unspecified atom stereocenters. The Morgan fingerprint density at radius 1 is 1.24 bits per heavy atom. The Bertz CT molecular complexity index is 570. The number of nitrogens with zero attached hydrogens (tertiary/aromatic N) is 2. The van der Waals surface area contributed by atoms with Crippen molar-refractivity contribution in [3.05, 3.63) is 24.3 Å². The highest BCUT2D eigenvalue weighted by atomic mass is 16.5. The third kappa shape index (κ3) is 4.73. The van der Waals surface area contributed by atoms with Crippen LogP contribution >= 0.6 is 0 Å². The first-order chi connectivity index (χ1) is 12.2. The number of benzene rings is 1. The number of rotatable bonds is 7. The van der Waals surface area contributed by atoms with Crippen LogP contribution in [0.15, 0.2) is 24.3 Å². The van der Waals surface area contributed by atoms with Gasteiger partial charge in [-0.1, -0.05) is 26.0 Å². The molecule has 1 aromatic carbocycles. The summed E-state index contributed by atoms with van der Waals surface area (Å²) in [6.45, 7) is 9.34. The summed E-state index contributed by atoms with van der Waals surface area (Å²) in [5, 5.41) is 0. The van der Waals surface area contributed by atoms with Crippen LogP contribution in [-0.4, -0.2) is 56.3 Å². The summed E-state index contributed by atoms with van der Waals surface area (Å²) in [6, 6.07) is 7.80. The van der Waals surface area contributed by atoms with Crippen molar-refractivity contribution in [3.8, 4) is 5.75 Å². The monoisotopic (exact) mass is 346 g/mol. The summed E-state index contributed by atoms with van der Waals surface area (Å²) in [7, 11) is 0. The Hall–Kier alpha value is -1.59. The molecule has 0 aromatic heterocycles. The first-order valence-electron chi connectivity index (χ1n) is 9.53. The summed E-state index contributed by atoms with van der Waals surface area (Å²) in [6.07, 6.45) is 3.75. The lowest BCUT2D eigenvalue weighted by molar-refractivity contribution is -0.121. The molecule has 1 atom stereocenters.